The van der Waals surface area contributed by atoms with Crippen LogP contribution in [0.15, 0.2) is 0 Å². The molecule has 350 valence electrons. The van der Waals surface area contributed by atoms with Gasteiger partial charge in [0.05, 0.1) is 18.3 Å². The second kappa shape index (κ2) is 39.7. The van der Waals surface area contributed by atoms with Crippen molar-refractivity contribution in [3.05, 3.63) is 0 Å². The molecule has 0 unspecified atom stereocenters. The van der Waals surface area contributed by atoms with Gasteiger partial charge in [0.25, 0.3) is 0 Å². The fourth-order valence-electron chi connectivity index (χ4n) is 10.5. The maximum Gasteiger partial charge on any atom is 0.475 e. The van der Waals surface area contributed by atoms with Crippen molar-refractivity contribution in [2.24, 2.45) is 0 Å². The molecule has 3 aliphatic carbocycles. The van der Waals surface area contributed by atoms with Gasteiger partial charge in [0.2, 0.25) is 0 Å². The summed E-state index contributed by atoms with van der Waals surface area (Å²) in [7, 11) is -3.77. The molecule has 0 spiro atoms. The van der Waals surface area contributed by atoms with Crippen LogP contribution in [0.1, 0.15) is 327 Å². The lowest BCUT2D eigenvalue weighted by atomic mass is 10.00. The molecule has 3 aliphatic rings. The molecule has 0 N–H and O–H groups in total. The van der Waals surface area contributed by atoms with E-state index in [0.717, 1.165) is 77.0 Å². The zero-order chi connectivity index (χ0) is 41.4. The fraction of sp³-hybridized carbons (Fsp3) is 1.00. The number of rotatable bonds is 6. The van der Waals surface area contributed by atoms with E-state index in [2.05, 4.69) is 0 Å². The summed E-state index contributed by atoms with van der Waals surface area (Å²) in [5.41, 5.74) is 0. The molecule has 3 rings (SSSR count). The SMILES string of the molecule is O=P(OC1CCCCCCCCCCCCCCCCC1)(OC1CCCCCCCCCCCCCCCCC1)OC1CCCCCCCCCCCCCCCCC1. The average Bonchev–Trinajstić information content (AvgIpc) is 3.22. The molecule has 5 heteroatoms. The summed E-state index contributed by atoms with van der Waals surface area (Å²) in [6, 6.07) is 0. The Kier molecular flexibility index (Phi) is 35.9. The van der Waals surface area contributed by atoms with E-state index >= 15 is 4.57 Å². The lowest BCUT2D eigenvalue weighted by molar-refractivity contribution is 0.0156. The third-order valence-electron chi connectivity index (χ3n) is 14.5. The van der Waals surface area contributed by atoms with Crippen LogP contribution in [0.4, 0.5) is 0 Å². The Labute approximate surface area is 370 Å². The van der Waals surface area contributed by atoms with Gasteiger partial charge in [0.1, 0.15) is 0 Å². The normalized spacial score (nSPS) is 24.9. The van der Waals surface area contributed by atoms with Crippen LogP contribution in [-0.2, 0) is 18.1 Å². The maximum atomic E-state index is 15.5. The first-order valence-electron chi connectivity index (χ1n) is 27.9. The van der Waals surface area contributed by atoms with Gasteiger partial charge in [-0.05, 0) is 38.5 Å². The first-order chi connectivity index (χ1) is 29.2. The molecule has 3 saturated carbocycles. The maximum absolute atomic E-state index is 15.5. The van der Waals surface area contributed by atoms with Crippen LogP contribution in [0, 0.1) is 0 Å². The smallest absolute Gasteiger partial charge is 0.284 e. The molecule has 3 fully saturated rings. The molecule has 0 heterocycles. The molecule has 0 bridgehead atoms. The highest BCUT2D eigenvalue weighted by molar-refractivity contribution is 7.48. The largest absolute Gasteiger partial charge is 0.475 e. The lowest BCUT2D eigenvalue weighted by Gasteiger charge is -2.31. The van der Waals surface area contributed by atoms with Gasteiger partial charge in [-0.25, -0.2) is 4.57 Å². The van der Waals surface area contributed by atoms with Crippen molar-refractivity contribution >= 4 is 7.82 Å². The van der Waals surface area contributed by atoms with Gasteiger partial charge < -0.3 is 0 Å². The topological polar surface area (TPSA) is 44.8 Å². The Morgan fingerprint density at radius 2 is 0.288 bits per heavy atom. The highest BCUT2D eigenvalue weighted by Gasteiger charge is 2.36. The highest BCUT2D eigenvalue weighted by atomic mass is 31.2. The van der Waals surface area contributed by atoms with Gasteiger partial charge in [-0.2, -0.15) is 0 Å². The van der Waals surface area contributed by atoms with Crippen molar-refractivity contribution < 1.29 is 18.1 Å². The molecule has 0 saturated heterocycles. The minimum Gasteiger partial charge on any atom is -0.284 e. The van der Waals surface area contributed by atoms with Gasteiger partial charge in [0, 0.05) is 0 Å². The summed E-state index contributed by atoms with van der Waals surface area (Å²) in [6.07, 6.45) is 66.1. The molecule has 0 atom stereocenters. The van der Waals surface area contributed by atoms with Crippen LogP contribution in [0.3, 0.4) is 0 Å². The Morgan fingerprint density at radius 1 is 0.186 bits per heavy atom. The Hall–Kier alpha value is 0.110. The third-order valence-corrected chi connectivity index (χ3v) is 16.2. The van der Waals surface area contributed by atoms with E-state index < -0.39 is 7.82 Å². The summed E-state index contributed by atoms with van der Waals surface area (Å²) in [5, 5.41) is 0. The van der Waals surface area contributed by atoms with Gasteiger partial charge in [-0.15, -0.1) is 0 Å². The van der Waals surface area contributed by atoms with Crippen LogP contribution in [0.2, 0.25) is 0 Å². The molecular formula is C54H105O4P. The van der Waals surface area contributed by atoms with Crippen molar-refractivity contribution in [3.63, 3.8) is 0 Å². The summed E-state index contributed by atoms with van der Waals surface area (Å²) >= 11 is 0. The zero-order valence-electron chi connectivity index (χ0n) is 39.9. The van der Waals surface area contributed by atoms with Gasteiger partial charge in [0.15, 0.2) is 0 Å². The Balaban J connectivity index is 1.75. The summed E-state index contributed by atoms with van der Waals surface area (Å²) in [4.78, 5) is 0. The number of hydrogen-bond donors (Lipinski definition) is 0. The van der Waals surface area contributed by atoms with Gasteiger partial charge >= 0.3 is 7.82 Å². The third kappa shape index (κ3) is 32.4. The van der Waals surface area contributed by atoms with Crippen molar-refractivity contribution in [3.8, 4) is 0 Å². The molecule has 0 aliphatic heterocycles. The molecule has 0 aromatic carbocycles. The minimum absolute atomic E-state index is 0.0295. The van der Waals surface area contributed by atoms with Crippen molar-refractivity contribution in [1.29, 1.82) is 0 Å². The second-order valence-electron chi connectivity index (χ2n) is 20.3. The fourth-order valence-corrected chi connectivity index (χ4v) is 12.4. The Bertz CT molecular complexity index is 758. The van der Waals surface area contributed by atoms with Crippen LogP contribution in [0.25, 0.3) is 0 Å². The van der Waals surface area contributed by atoms with Crippen LogP contribution >= 0.6 is 7.82 Å². The minimum atomic E-state index is -3.77. The Morgan fingerprint density at radius 3 is 0.407 bits per heavy atom. The number of phosphoric acid groups is 1. The zero-order valence-corrected chi connectivity index (χ0v) is 40.8. The summed E-state index contributed by atoms with van der Waals surface area (Å²) < 4.78 is 36.4. The van der Waals surface area contributed by atoms with Crippen molar-refractivity contribution in [2.75, 3.05) is 0 Å². The number of hydrogen-bond acceptors (Lipinski definition) is 4. The van der Waals surface area contributed by atoms with E-state index in [9.17, 15) is 0 Å². The van der Waals surface area contributed by atoms with Crippen LogP contribution in [0.5, 0.6) is 0 Å². The first kappa shape index (κ1) is 53.4. The molecular weight excluding hydrogens is 744 g/mol. The molecule has 59 heavy (non-hydrogen) atoms. The standard InChI is InChI=1S/C54H105O4P/c55-59(56-52-46-40-34-28-22-16-10-4-1-5-11-17-23-29-35-41-47-52,57-53-48-42-36-30-24-18-12-6-2-7-13-19-25-31-37-43-49-53)58-54-50-44-38-32-26-20-14-8-3-9-15-21-27-33-39-45-51-54/h52-54H,1-51H2. The second-order valence-corrected chi connectivity index (χ2v) is 21.8. The monoisotopic (exact) mass is 849 g/mol. The van der Waals surface area contributed by atoms with E-state index in [1.807, 2.05) is 0 Å². The van der Waals surface area contributed by atoms with Crippen LogP contribution in [-0.4, -0.2) is 18.3 Å². The molecule has 0 amide bonds. The van der Waals surface area contributed by atoms with Gasteiger partial charge in [-0.1, -0.05) is 289 Å². The van der Waals surface area contributed by atoms with E-state index in [1.54, 1.807) is 0 Å². The van der Waals surface area contributed by atoms with E-state index in [-0.39, 0.29) is 18.3 Å². The first-order valence-corrected chi connectivity index (χ1v) is 29.3. The van der Waals surface area contributed by atoms with Crippen LogP contribution < -0.4 is 0 Å². The predicted molar refractivity (Wildman–Crippen MR) is 258 cm³/mol. The van der Waals surface area contributed by atoms with Crippen molar-refractivity contribution in [2.45, 2.75) is 346 Å². The highest BCUT2D eigenvalue weighted by Crippen LogP contribution is 2.55. The van der Waals surface area contributed by atoms with Gasteiger partial charge in [-0.3, -0.25) is 13.6 Å². The summed E-state index contributed by atoms with van der Waals surface area (Å²) in [5.74, 6) is 0. The molecule has 0 aromatic rings. The molecule has 0 aromatic heterocycles. The quantitative estimate of drug-likeness (QED) is 0.250. The lowest BCUT2D eigenvalue weighted by Crippen LogP contribution is -2.22. The van der Waals surface area contributed by atoms with E-state index in [1.165, 1.54) is 250 Å². The average molecular weight is 849 g/mol. The predicted octanol–water partition coefficient (Wildman–Crippen LogP) is 20.2. The number of phosphoric ester groups is 1. The summed E-state index contributed by atoms with van der Waals surface area (Å²) in [6.45, 7) is 0. The van der Waals surface area contributed by atoms with E-state index in [4.69, 9.17) is 13.6 Å². The molecule has 0 radical (unpaired) electrons. The molecule has 4 nitrogen and oxygen atoms in total. The van der Waals surface area contributed by atoms with E-state index in [0.29, 0.717) is 0 Å². The van der Waals surface area contributed by atoms with Crippen molar-refractivity contribution in [1.82, 2.24) is 0 Å².